The molecule has 1 heterocycles. The molecule has 0 saturated carbocycles. The largest absolute Gasteiger partial charge is 0.449 e. The molecule has 13 nitrogen and oxygen atoms in total. The van der Waals surface area contributed by atoms with Crippen molar-refractivity contribution in [2.75, 3.05) is 38.2 Å². The van der Waals surface area contributed by atoms with Crippen LogP contribution in [0.3, 0.4) is 0 Å². The number of fused-ring (bicyclic) bond motifs is 4. The van der Waals surface area contributed by atoms with Gasteiger partial charge in [-0.1, -0.05) is 62.4 Å². The van der Waals surface area contributed by atoms with Gasteiger partial charge in [0.2, 0.25) is 11.4 Å². The lowest BCUT2D eigenvalue weighted by molar-refractivity contribution is -0.383. The lowest BCUT2D eigenvalue weighted by Gasteiger charge is -2.31. The highest BCUT2D eigenvalue weighted by atomic mass is 16.6. The number of benzene rings is 3. The number of hydrogen-bond acceptors (Lipinski definition) is 10. The van der Waals surface area contributed by atoms with Crippen LogP contribution in [0.4, 0.5) is 16.2 Å². The van der Waals surface area contributed by atoms with Crippen LogP contribution in [-0.2, 0) is 14.3 Å². The summed E-state index contributed by atoms with van der Waals surface area (Å²) in [5.41, 5.74) is 4.03. The van der Waals surface area contributed by atoms with Gasteiger partial charge in [-0.3, -0.25) is 14.9 Å². The summed E-state index contributed by atoms with van der Waals surface area (Å²) in [4.78, 5) is 36.7. The second kappa shape index (κ2) is 13.5. The zero-order chi connectivity index (χ0) is 31.1. The van der Waals surface area contributed by atoms with Gasteiger partial charge < -0.3 is 25.4 Å². The molecule has 0 bridgehead atoms. The number of nitrogens with zero attached hydrogens (tertiary/aromatic N) is 3. The van der Waals surface area contributed by atoms with E-state index in [0.717, 1.165) is 22.3 Å². The summed E-state index contributed by atoms with van der Waals surface area (Å²) in [5, 5.41) is 27.2. The molecule has 2 amide bonds. The van der Waals surface area contributed by atoms with Crippen LogP contribution in [0.2, 0.25) is 0 Å². The number of carbonyl (C=O) groups is 2. The minimum atomic E-state index is -1.13. The minimum Gasteiger partial charge on any atom is -0.449 e. The average molecular weight is 603 g/mol. The smallest absolute Gasteiger partial charge is 0.408 e. The number of anilines is 1. The predicted octanol–water partition coefficient (Wildman–Crippen LogP) is 4.77. The Labute approximate surface area is 253 Å². The van der Waals surface area contributed by atoms with Gasteiger partial charge in [0.15, 0.2) is 5.52 Å². The van der Waals surface area contributed by atoms with Gasteiger partial charge in [0.05, 0.1) is 23.8 Å². The molecular weight excluding hydrogens is 568 g/mol. The molecule has 44 heavy (non-hydrogen) atoms. The maximum absolute atomic E-state index is 13.2. The van der Waals surface area contributed by atoms with Gasteiger partial charge in [0.25, 0.3) is 0 Å². The van der Waals surface area contributed by atoms with Gasteiger partial charge in [-0.2, -0.15) is 0 Å². The Bertz CT molecular complexity index is 1610. The first-order chi connectivity index (χ1) is 21.4. The molecule has 0 unspecified atom stereocenters. The number of carbonyl (C=O) groups excluding carboxylic acids is 2. The van der Waals surface area contributed by atoms with Crippen LogP contribution in [0.25, 0.3) is 22.2 Å². The lowest BCUT2D eigenvalue weighted by atomic mass is 9.92. The number of nitro benzene ring substituents is 1. The van der Waals surface area contributed by atoms with Crippen molar-refractivity contribution >= 4 is 34.4 Å². The highest BCUT2D eigenvalue weighted by molar-refractivity contribution is 5.93. The van der Waals surface area contributed by atoms with E-state index in [0.29, 0.717) is 31.7 Å². The fourth-order valence-corrected chi connectivity index (χ4v) is 5.54. The lowest BCUT2D eigenvalue weighted by Crippen LogP contribution is -2.58. The molecule has 4 aromatic rings. The SMILES string of the molecule is CCC(CC)(NC(=O)OCC1c2ccccc2-c2ccccc21)C(=O)NCCOCCNc1ccc([N+](=O)[O-])c2nonc12. The summed E-state index contributed by atoms with van der Waals surface area (Å²) in [6.07, 6.45) is 0.117. The maximum atomic E-state index is 13.2. The number of non-ortho nitro benzene ring substituents is 1. The van der Waals surface area contributed by atoms with Gasteiger partial charge in [-0.15, -0.1) is 0 Å². The number of rotatable bonds is 14. The first-order valence-electron chi connectivity index (χ1n) is 14.5. The van der Waals surface area contributed by atoms with E-state index >= 15 is 0 Å². The van der Waals surface area contributed by atoms with Crippen molar-refractivity contribution in [2.24, 2.45) is 0 Å². The molecular formula is C31H34N6O7. The van der Waals surface area contributed by atoms with Crippen molar-refractivity contribution in [1.29, 1.82) is 0 Å². The first kappa shape index (κ1) is 30.4. The first-order valence-corrected chi connectivity index (χ1v) is 14.5. The van der Waals surface area contributed by atoms with E-state index < -0.39 is 16.6 Å². The van der Waals surface area contributed by atoms with Crippen LogP contribution < -0.4 is 16.0 Å². The summed E-state index contributed by atoms with van der Waals surface area (Å²) in [6.45, 7) is 4.99. The van der Waals surface area contributed by atoms with Crippen LogP contribution in [0.1, 0.15) is 43.7 Å². The zero-order valence-corrected chi connectivity index (χ0v) is 24.5. The molecule has 0 fully saturated rings. The predicted molar refractivity (Wildman–Crippen MR) is 162 cm³/mol. The number of nitro groups is 1. The number of aromatic nitrogens is 2. The molecule has 230 valence electrons. The number of hydrogen-bond donors (Lipinski definition) is 3. The molecule has 1 aliphatic rings. The van der Waals surface area contributed by atoms with E-state index in [9.17, 15) is 19.7 Å². The third kappa shape index (κ3) is 6.18. The molecule has 0 saturated heterocycles. The number of alkyl carbamates (subject to hydrolysis) is 1. The van der Waals surface area contributed by atoms with Gasteiger partial charge in [0.1, 0.15) is 12.1 Å². The summed E-state index contributed by atoms with van der Waals surface area (Å²) < 4.78 is 16.0. The Morgan fingerprint density at radius 2 is 1.57 bits per heavy atom. The Kier molecular flexibility index (Phi) is 9.34. The average Bonchev–Trinajstić information content (AvgIpc) is 3.65. The van der Waals surface area contributed by atoms with Crippen LogP contribution >= 0.6 is 0 Å². The molecule has 13 heteroatoms. The monoisotopic (exact) mass is 602 g/mol. The summed E-state index contributed by atoms with van der Waals surface area (Å²) >= 11 is 0. The Morgan fingerprint density at radius 1 is 0.932 bits per heavy atom. The summed E-state index contributed by atoms with van der Waals surface area (Å²) in [5.74, 6) is -0.394. The van der Waals surface area contributed by atoms with Crippen molar-refractivity contribution in [2.45, 2.75) is 38.1 Å². The van der Waals surface area contributed by atoms with Crippen molar-refractivity contribution < 1.29 is 28.6 Å². The number of nitrogens with one attached hydrogen (secondary N) is 3. The molecule has 0 spiro atoms. The van der Waals surface area contributed by atoms with Crippen molar-refractivity contribution in [3.63, 3.8) is 0 Å². The third-order valence-corrected chi connectivity index (χ3v) is 8.01. The van der Waals surface area contributed by atoms with Crippen LogP contribution in [0.5, 0.6) is 0 Å². The van der Waals surface area contributed by atoms with Crippen molar-refractivity contribution in [3.8, 4) is 11.1 Å². The molecule has 5 rings (SSSR count). The fourth-order valence-electron chi connectivity index (χ4n) is 5.54. The second-order valence-corrected chi connectivity index (χ2v) is 10.4. The molecule has 1 aliphatic carbocycles. The second-order valence-electron chi connectivity index (χ2n) is 10.4. The molecule has 0 atom stereocenters. The third-order valence-electron chi connectivity index (χ3n) is 8.01. The standard InChI is InChI=1S/C31H34N6O7/c1-3-31(4-2,34-30(39)43-19-24-22-11-7-5-9-20(22)21-10-6-8-12-23(21)24)29(38)33-16-18-42-17-15-32-25-13-14-26(37(40)41)28-27(25)35-44-36-28/h5-14,24,32H,3-4,15-19H2,1-2H3,(H,33,38)(H,34,39). The van der Waals surface area contributed by atoms with E-state index in [4.69, 9.17) is 9.47 Å². The normalized spacial score (nSPS) is 12.4. The topological polar surface area (TPSA) is 171 Å². The van der Waals surface area contributed by atoms with E-state index in [2.05, 4.69) is 55.2 Å². The minimum absolute atomic E-state index is 0.0608. The summed E-state index contributed by atoms with van der Waals surface area (Å²) in [7, 11) is 0. The van der Waals surface area contributed by atoms with Gasteiger partial charge in [-0.05, 0) is 51.5 Å². The fraction of sp³-hybridized carbons (Fsp3) is 0.355. The van der Waals surface area contributed by atoms with E-state index in [-0.39, 0.29) is 48.3 Å². The van der Waals surface area contributed by atoms with Crippen LogP contribution in [0.15, 0.2) is 65.3 Å². The van der Waals surface area contributed by atoms with Crippen molar-refractivity contribution in [1.82, 2.24) is 20.9 Å². The summed E-state index contributed by atoms with van der Waals surface area (Å²) in [6, 6.07) is 19.1. The van der Waals surface area contributed by atoms with Gasteiger partial charge >= 0.3 is 11.8 Å². The quantitative estimate of drug-likeness (QED) is 0.104. The highest BCUT2D eigenvalue weighted by Gasteiger charge is 2.37. The van der Waals surface area contributed by atoms with E-state index in [1.807, 2.05) is 38.1 Å². The van der Waals surface area contributed by atoms with Gasteiger partial charge in [0, 0.05) is 25.1 Å². The number of ether oxygens (including phenoxy) is 2. The number of amides is 2. The highest BCUT2D eigenvalue weighted by Crippen LogP contribution is 2.44. The molecule has 1 aromatic heterocycles. The molecule has 3 aromatic carbocycles. The molecule has 3 N–H and O–H groups in total. The Morgan fingerprint density at radius 3 is 2.23 bits per heavy atom. The van der Waals surface area contributed by atoms with Crippen molar-refractivity contribution in [3.05, 3.63) is 81.9 Å². The molecule has 0 radical (unpaired) electrons. The van der Waals surface area contributed by atoms with Crippen LogP contribution in [0, 0.1) is 10.1 Å². The molecule has 0 aliphatic heterocycles. The van der Waals surface area contributed by atoms with Gasteiger partial charge in [-0.25, -0.2) is 9.42 Å². The van der Waals surface area contributed by atoms with E-state index in [1.165, 1.54) is 12.1 Å². The zero-order valence-electron chi connectivity index (χ0n) is 24.5. The Balaban J connectivity index is 1.07. The maximum Gasteiger partial charge on any atom is 0.408 e. The van der Waals surface area contributed by atoms with E-state index in [1.54, 1.807) is 0 Å². The van der Waals surface area contributed by atoms with Crippen LogP contribution in [-0.4, -0.2) is 65.7 Å². The Hall–Kier alpha value is -5.04.